The smallest absolute Gasteiger partial charge is 0.145 e. The van der Waals surface area contributed by atoms with Crippen molar-refractivity contribution < 1.29 is 4.79 Å². The highest BCUT2D eigenvalue weighted by molar-refractivity contribution is 5.96. The van der Waals surface area contributed by atoms with Crippen LogP contribution in [0.1, 0.15) is 31.2 Å². The summed E-state index contributed by atoms with van der Waals surface area (Å²) >= 11 is 0. The third-order valence-electron chi connectivity index (χ3n) is 4.65. The highest BCUT2D eigenvalue weighted by Crippen LogP contribution is 2.51. The van der Waals surface area contributed by atoms with E-state index in [1.54, 1.807) is 0 Å². The van der Waals surface area contributed by atoms with Gasteiger partial charge in [0, 0.05) is 25.2 Å². The minimum Gasteiger partial charge on any atom is -0.370 e. The molecule has 0 aromatic heterocycles. The van der Waals surface area contributed by atoms with E-state index < -0.39 is 0 Å². The highest BCUT2D eigenvalue weighted by Gasteiger charge is 2.54. The predicted molar refractivity (Wildman–Crippen MR) is 74.0 cm³/mol. The molecule has 2 aliphatic rings. The number of allylic oxidation sites excluding steroid dienone is 1. The fourth-order valence-electron chi connectivity index (χ4n) is 3.88. The molecule has 1 saturated carbocycles. The summed E-state index contributed by atoms with van der Waals surface area (Å²) in [5, 5.41) is 0. The van der Waals surface area contributed by atoms with E-state index >= 15 is 0 Å². The van der Waals surface area contributed by atoms with Gasteiger partial charge in [0.1, 0.15) is 5.78 Å². The van der Waals surface area contributed by atoms with Gasteiger partial charge in [-0.1, -0.05) is 24.3 Å². The number of nitrogens with zero attached hydrogens (tertiary/aromatic N) is 1. The minimum absolute atomic E-state index is 0.314. The monoisotopic (exact) mass is 241 g/mol. The topological polar surface area (TPSA) is 20.3 Å². The van der Waals surface area contributed by atoms with Crippen molar-refractivity contribution in [3.05, 3.63) is 42.5 Å². The fraction of sp³-hybridized carbons (Fsp3) is 0.438. The highest BCUT2D eigenvalue weighted by atomic mass is 16.1. The van der Waals surface area contributed by atoms with Crippen LogP contribution in [0, 0.1) is 0 Å². The van der Waals surface area contributed by atoms with Gasteiger partial charge in [0.15, 0.2) is 0 Å². The zero-order valence-corrected chi connectivity index (χ0v) is 10.9. The zero-order chi connectivity index (χ0) is 12.8. The average molecular weight is 241 g/mol. The van der Waals surface area contributed by atoms with Gasteiger partial charge in [-0.2, -0.15) is 0 Å². The van der Waals surface area contributed by atoms with Crippen molar-refractivity contribution in [1.82, 2.24) is 0 Å². The number of anilines is 1. The Hall–Kier alpha value is -1.57. The van der Waals surface area contributed by atoms with Crippen LogP contribution in [0.3, 0.4) is 0 Å². The molecule has 2 atom stereocenters. The third kappa shape index (κ3) is 1.26. The van der Waals surface area contributed by atoms with Crippen LogP contribution in [0.15, 0.2) is 36.9 Å². The lowest BCUT2D eigenvalue weighted by molar-refractivity contribution is -0.126. The van der Waals surface area contributed by atoms with Crippen molar-refractivity contribution in [2.75, 3.05) is 11.9 Å². The van der Waals surface area contributed by atoms with Gasteiger partial charge in [-0.15, -0.1) is 6.58 Å². The van der Waals surface area contributed by atoms with E-state index in [1.807, 2.05) is 12.1 Å². The summed E-state index contributed by atoms with van der Waals surface area (Å²) in [6.07, 6.45) is 5.50. The molecule has 1 aromatic carbocycles. The summed E-state index contributed by atoms with van der Waals surface area (Å²) in [7, 11) is 2.12. The largest absolute Gasteiger partial charge is 0.370 e. The lowest BCUT2D eigenvalue weighted by atomic mass is 9.65. The van der Waals surface area contributed by atoms with Crippen LogP contribution in [0.25, 0.3) is 0 Å². The number of Topliss-reactive ketones (excluding diaryl/α,β-unsaturated/α-hetero) is 1. The molecule has 1 heterocycles. The lowest BCUT2D eigenvalue weighted by Crippen LogP contribution is -2.51. The maximum absolute atomic E-state index is 12.6. The quantitative estimate of drug-likeness (QED) is 0.742. The van der Waals surface area contributed by atoms with E-state index in [0.717, 1.165) is 19.3 Å². The molecular weight excluding hydrogens is 222 g/mol. The molecular formula is C16H19NO. The summed E-state index contributed by atoms with van der Waals surface area (Å²) in [6, 6.07) is 8.67. The molecule has 1 aromatic rings. The Morgan fingerprint density at radius 2 is 2.28 bits per heavy atom. The number of rotatable bonds is 2. The van der Waals surface area contributed by atoms with Gasteiger partial charge < -0.3 is 4.90 Å². The van der Waals surface area contributed by atoms with Gasteiger partial charge in [0.2, 0.25) is 0 Å². The van der Waals surface area contributed by atoms with E-state index in [0.29, 0.717) is 18.2 Å². The van der Waals surface area contributed by atoms with Crippen LogP contribution in [0.4, 0.5) is 5.69 Å². The second-order valence-corrected chi connectivity index (χ2v) is 5.42. The van der Waals surface area contributed by atoms with Gasteiger partial charge in [0.05, 0.1) is 5.41 Å². The summed E-state index contributed by atoms with van der Waals surface area (Å²) < 4.78 is 0. The normalized spacial score (nSPS) is 29.9. The third-order valence-corrected chi connectivity index (χ3v) is 4.65. The van der Waals surface area contributed by atoms with Crippen LogP contribution in [0.2, 0.25) is 0 Å². The molecule has 3 rings (SSSR count). The van der Waals surface area contributed by atoms with Crippen LogP contribution in [-0.2, 0) is 10.2 Å². The van der Waals surface area contributed by atoms with Gasteiger partial charge in [-0.25, -0.2) is 0 Å². The Labute approximate surface area is 108 Å². The van der Waals surface area contributed by atoms with Crippen molar-refractivity contribution in [2.45, 2.75) is 37.1 Å². The Morgan fingerprint density at radius 1 is 1.50 bits per heavy atom. The molecule has 0 radical (unpaired) electrons. The van der Waals surface area contributed by atoms with Crippen molar-refractivity contribution in [2.24, 2.45) is 0 Å². The van der Waals surface area contributed by atoms with Crippen LogP contribution < -0.4 is 4.90 Å². The van der Waals surface area contributed by atoms with Crippen LogP contribution in [-0.4, -0.2) is 18.9 Å². The molecule has 2 nitrogen and oxygen atoms in total. The molecule has 0 saturated heterocycles. The first-order valence-corrected chi connectivity index (χ1v) is 6.68. The Kier molecular flexibility index (Phi) is 2.54. The fourth-order valence-corrected chi connectivity index (χ4v) is 3.88. The van der Waals surface area contributed by atoms with Gasteiger partial charge in [-0.05, 0) is 30.9 Å². The first-order valence-electron chi connectivity index (χ1n) is 6.68. The molecule has 0 N–H and O–H groups in total. The van der Waals surface area contributed by atoms with Crippen molar-refractivity contribution in [1.29, 1.82) is 0 Å². The number of benzene rings is 1. The number of hydrogen-bond donors (Lipinski definition) is 0. The summed E-state index contributed by atoms with van der Waals surface area (Å²) in [6.45, 7) is 3.87. The van der Waals surface area contributed by atoms with Gasteiger partial charge >= 0.3 is 0 Å². The molecule has 0 unspecified atom stereocenters. The second-order valence-electron chi connectivity index (χ2n) is 5.42. The van der Waals surface area contributed by atoms with Crippen molar-refractivity contribution >= 4 is 11.5 Å². The predicted octanol–water partition coefficient (Wildman–Crippen LogP) is 3.07. The second kappa shape index (κ2) is 3.98. The minimum atomic E-state index is -0.328. The first-order chi connectivity index (χ1) is 8.71. The molecule has 1 aliphatic heterocycles. The Morgan fingerprint density at radius 3 is 3.06 bits per heavy atom. The number of carbonyl (C=O) groups is 1. The zero-order valence-electron chi connectivity index (χ0n) is 10.9. The number of para-hydroxylation sites is 1. The van der Waals surface area contributed by atoms with E-state index in [2.05, 4.69) is 36.7 Å². The maximum Gasteiger partial charge on any atom is 0.145 e. The number of carbonyl (C=O) groups excluding carboxylic acids is 1. The summed E-state index contributed by atoms with van der Waals surface area (Å²) in [5.41, 5.74) is 2.10. The van der Waals surface area contributed by atoms with Gasteiger partial charge in [0.25, 0.3) is 0 Å². The van der Waals surface area contributed by atoms with Crippen LogP contribution in [0.5, 0.6) is 0 Å². The first kappa shape index (κ1) is 11.5. The SMILES string of the molecule is C=CC[C@]12C(=O)CCC[C@H]1N(C)c1ccccc12. The number of ketones is 1. The molecule has 1 fully saturated rings. The molecule has 18 heavy (non-hydrogen) atoms. The molecule has 2 heteroatoms. The summed E-state index contributed by atoms with van der Waals surface area (Å²) in [4.78, 5) is 14.9. The standard InChI is InChI=1S/C16H19NO/c1-3-11-16-12-7-4-5-8-13(12)17(2)14(16)9-6-10-15(16)18/h3-5,7-8,14H,1,6,9-11H2,2H3/t14-,16-/m1/s1. The van der Waals surface area contributed by atoms with Gasteiger partial charge in [-0.3, -0.25) is 4.79 Å². The number of hydrogen-bond acceptors (Lipinski definition) is 2. The van der Waals surface area contributed by atoms with E-state index in [4.69, 9.17) is 0 Å². The number of fused-ring (bicyclic) bond motifs is 3. The van der Waals surface area contributed by atoms with Crippen molar-refractivity contribution in [3.63, 3.8) is 0 Å². The van der Waals surface area contributed by atoms with E-state index in [1.165, 1.54) is 11.3 Å². The van der Waals surface area contributed by atoms with Crippen LogP contribution >= 0.6 is 0 Å². The van der Waals surface area contributed by atoms with E-state index in [9.17, 15) is 4.79 Å². The summed E-state index contributed by atoms with van der Waals surface area (Å²) in [5.74, 6) is 0.399. The Balaban J connectivity index is 2.23. The average Bonchev–Trinajstić information content (AvgIpc) is 2.64. The molecule has 94 valence electrons. The number of likely N-dealkylation sites (N-methyl/N-ethyl adjacent to an activating group) is 1. The lowest BCUT2D eigenvalue weighted by Gasteiger charge is -2.40. The maximum atomic E-state index is 12.6. The molecule has 0 amide bonds. The van der Waals surface area contributed by atoms with Crippen molar-refractivity contribution in [3.8, 4) is 0 Å². The molecule has 1 aliphatic carbocycles. The Bertz CT molecular complexity index is 508. The molecule has 0 spiro atoms. The van der Waals surface area contributed by atoms with E-state index in [-0.39, 0.29) is 5.41 Å². The molecule has 0 bridgehead atoms.